The van der Waals surface area contributed by atoms with Crippen LogP contribution in [-0.2, 0) is 0 Å². The van der Waals surface area contributed by atoms with Crippen LogP contribution in [0.5, 0.6) is 0 Å². The highest BCUT2D eigenvalue weighted by molar-refractivity contribution is 4.81. The minimum Gasteiger partial charge on any atom is -0.0885 e. The average Bonchev–Trinajstić information content (AvgIpc) is 1.87. The zero-order valence-corrected chi connectivity index (χ0v) is 7.27. The molecule has 0 saturated heterocycles. The van der Waals surface area contributed by atoms with Crippen LogP contribution in [0.4, 0.5) is 0 Å². The standard InChI is InChI=1S/C10H19/c1-4-5-6-7-8-9-10(2)3/h6-7,10H,2,4-5,8-9H2,1,3H3/b7-6+. The lowest BCUT2D eigenvalue weighted by Gasteiger charge is -1.98. The van der Waals surface area contributed by atoms with Crippen molar-refractivity contribution in [3.05, 3.63) is 19.1 Å². The van der Waals surface area contributed by atoms with E-state index in [1.807, 2.05) is 0 Å². The fraction of sp³-hybridized carbons (Fsp3) is 0.700. The maximum atomic E-state index is 3.92. The summed E-state index contributed by atoms with van der Waals surface area (Å²) in [6.45, 7) is 8.29. The van der Waals surface area contributed by atoms with E-state index < -0.39 is 0 Å². The van der Waals surface area contributed by atoms with Crippen LogP contribution in [0.25, 0.3) is 0 Å². The van der Waals surface area contributed by atoms with Crippen molar-refractivity contribution in [1.29, 1.82) is 0 Å². The average molecular weight is 139 g/mol. The molecule has 0 spiro atoms. The Morgan fingerprint density at radius 2 is 1.90 bits per heavy atom. The lowest BCUT2D eigenvalue weighted by molar-refractivity contribution is 0.653. The Hall–Kier alpha value is -0.260. The van der Waals surface area contributed by atoms with Crippen molar-refractivity contribution < 1.29 is 0 Å². The molecule has 0 aliphatic heterocycles. The summed E-state index contributed by atoms with van der Waals surface area (Å²) in [5.41, 5.74) is 0. The van der Waals surface area contributed by atoms with Gasteiger partial charge in [0.25, 0.3) is 0 Å². The van der Waals surface area contributed by atoms with Gasteiger partial charge in [-0.3, -0.25) is 0 Å². The van der Waals surface area contributed by atoms with E-state index in [4.69, 9.17) is 0 Å². The highest BCUT2D eigenvalue weighted by atomic mass is 13.9. The van der Waals surface area contributed by atoms with Gasteiger partial charge in [-0.1, -0.05) is 39.3 Å². The zero-order chi connectivity index (χ0) is 7.82. The first-order valence-electron chi connectivity index (χ1n) is 4.25. The second kappa shape index (κ2) is 6.85. The predicted octanol–water partition coefficient (Wildman–Crippen LogP) is 3.59. The monoisotopic (exact) mass is 139 g/mol. The number of rotatable bonds is 5. The van der Waals surface area contributed by atoms with Crippen molar-refractivity contribution in [2.75, 3.05) is 0 Å². The van der Waals surface area contributed by atoms with E-state index in [2.05, 4.69) is 32.9 Å². The third kappa shape index (κ3) is 7.74. The molecule has 1 unspecified atom stereocenters. The smallest absolute Gasteiger partial charge is 0.0348 e. The molecule has 59 valence electrons. The maximum Gasteiger partial charge on any atom is -0.0348 e. The van der Waals surface area contributed by atoms with Crippen molar-refractivity contribution in [1.82, 2.24) is 0 Å². The summed E-state index contributed by atoms with van der Waals surface area (Å²) in [4.78, 5) is 0. The van der Waals surface area contributed by atoms with E-state index in [0.717, 1.165) is 0 Å². The molecular formula is C10H19. The molecule has 0 N–H and O–H groups in total. The van der Waals surface area contributed by atoms with Crippen LogP contribution in [0.3, 0.4) is 0 Å². The molecule has 0 rings (SSSR count). The van der Waals surface area contributed by atoms with Crippen LogP contribution in [0.15, 0.2) is 12.2 Å². The molecule has 1 atom stereocenters. The van der Waals surface area contributed by atoms with Crippen LogP contribution >= 0.6 is 0 Å². The summed E-state index contributed by atoms with van der Waals surface area (Å²) in [6, 6.07) is 0. The molecule has 0 bridgehead atoms. The fourth-order valence-corrected chi connectivity index (χ4v) is 0.783. The van der Waals surface area contributed by atoms with Crippen molar-refractivity contribution in [2.45, 2.75) is 39.5 Å². The predicted molar refractivity (Wildman–Crippen MR) is 47.8 cm³/mol. The van der Waals surface area contributed by atoms with Crippen LogP contribution in [0.2, 0.25) is 0 Å². The largest absolute Gasteiger partial charge is 0.0885 e. The molecule has 0 heteroatoms. The number of hydrogen-bond acceptors (Lipinski definition) is 0. The van der Waals surface area contributed by atoms with Gasteiger partial charge in [-0.05, 0) is 25.2 Å². The van der Waals surface area contributed by atoms with Gasteiger partial charge in [-0.15, -0.1) is 0 Å². The first-order valence-corrected chi connectivity index (χ1v) is 4.25. The Morgan fingerprint density at radius 3 is 2.40 bits per heavy atom. The summed E-state index contributed by atoms with van der Waals surface area (Å²) in [5.74, 6) is 0.603. The normalized spacial score (nSPS) is 11.6. The lowest BCUT2D eigenvalue weighted by atomic mass is 10.1. The van der Waals surface area contributed by atoms with E-state index in [1.165, 1.54) is 25.7 Å². The molecule has 0 aromatic rings. The van der Waals surface area contributed by atoms with Crippen molar-refractivity contribution >= 4 is 0 Å². The highest BCUT2D eigenvalue weighted by Crippen LogP contribution is 2.03. The van der Waals surface area contributed by atoms with E-state index in [1.54, 1.807) is 0 Å². The molecule has 0 aromatic heterocycles. The van der Waals surface area contributed by atoms with Crippen LogP contribution in [-0.4, -0.2) is 0 Å². The minimum absolute atomic E-state index is 0.603. The molecule has 1 radical (unpaired) electrons. The first kappa shape index (κ1) is 9.74. The van der Waals surface area contributed by atoms with E-state index in [-0.39, 0.29) is 0 Å². The van der Waals surface area contributed by atoms with Crippen LogP contribution in [0.1, 0.15) is 39.5 Å². The SMILES string of the molecule is [CH2]C(C)CC/C=C/CCC. The van der Waals surface area contributed by atoms with Gasteiger partial charge in [0, 0.05) is 0 Å². The lowest BCUT2D eigenvalue weighted by Crippen LogP contribution is -1.83. The maximum absolute atomic E-state index is 3.92. The second-order valence-electron chi connectivity index (χ2n) is 2.94. The fourth-order valence-electron chi connectivity index (χ4n) is 0.783. The summed E-state index contributed by atoms with van der Waals surface area (Å²) >= 11 is 0. The highest BCUT2D eigenvalue weighted by Gasteiger charge is 1.88. The summed E-state index contributed by atoms with van der Waals surface area (Å²) in [7, 11) is 0. The number of hydrogen-bond donors (Lipinski definition) is 0. The number of unbranched alkanes of at least 4 members (excludes halogenated alkanes) is 1. The molecule has 0 fully saturated rings. The summed E-state index contributed by atoms with van der Waals surface area (Å²) in [5, 5.41) is 0. The van der Waals surface area contributed by atoms with Gasteiger partial charge in [-0.25, -0.2) is 0 Å². The Morgan fingerprint density at radius 1 is 1.30 bits per heavy atom. The van der Waals surface area contributed by atoms with Gasteiger partial charge in [0.15, 0.2) is 0 Å². The van der Waals surface area contributed by atoms with Gasteiger partial charge in [0.05, 0.1) is 0 Å². The van der Waals surface area contributed by atoms with Crippen molar-refractivity contribution in [2.24, 2.45) is 5.92 Å². The van der Waals surface area contributed by atoms with Crippen molar-refractivity contribution in [3.63, 3.8) is 0 Å². The quantitative estimate of drug-likeness (QED) is 0.510. The molecule has 10 heavy (non-hydrogen) atoms. The molecule has 0 heterocycles. The topological polar surface area (TPSA) is 0 Å². The third-order valence-electron chi connectivity index (χ3n) is 1.45. The summed E-state index contributed by atoms with van der Waals surface area (Å²) < 4.78 is 0. The van der Waals surface area contributed by atoms with Gasteiger partial charge >= 0.3 is 0 Å². The Bertz CT molecular complexity index is 80.0. The Balaban J connectivity index is 3.02. The second-order valence-corrected chi connectivity index (χ2v) is 2.94. The van der Waals surface area contributed by atoms with E-state index in [0.29, 0.717) is 5.92 Å². The summed E-state index contributed by atoms with van der Waals surface area (Å²) in [6.07, 6.45) is 9.44. The van der Waals surface area contributed by atoms with Crippen LogP contribution < -0.4 is 0 Å². The van der Waals surface area contributed by atoms with Gasteiger partial charge < -0.3 is 0 Å². The van der Waals surface area contributed by atoms with E-state index >= 15 is 0 Å². The Labute approximate surface area is 65.3 Å². The van der Waals surface area contributed by atoms with Crippen molar-refractivity contribution in [3.8, 4) is 0 Å². The molecule has 0 aliphatic rings. The molecule has 0 nitrogen and oxygen atoms in total. The Kier molecular flexibility index (Phi) is 6.68. The molecule has 0 amide bonds. The third-order valence-corrected chi connectivity index (χ3v) is 1.45. The zero-order valence-electron chi connectivity index (χ0n) is 7.27. The molecule has 0 aliphatic carbocycles. The minimum atomic E-state index is 0.603. The number of allylic oxidation sites excluding steroid dienone is 2. The van der Waals surface area contributed by atoms with E-state index in [9.17, 15) is 0 Å². The first-order chi connectivity index (χ1) is 4.77. The molecule has 0 saturated carbocycles. The molecular weight excluding hydrogens is 120 g/mol. The van der Waals surface area contributed by atoms with Gasteiger partial charge in [0.2, 0.25) is 0 Å². The van der Waals surface area contributed by atoms with Gasteiger partial charge in [0.1, 0.15) is 0 Å². The van der Waals surface area contributed by atoms with Gasteiger partial charge in [-0.2, -0.15) is 0 Å². The molecule has 0 aromatic carbocycles. The van der Waals surface area contributed by atoms with Crippen LogP contribution in [0, 0.1) is 12.8 Å².